The Kier molecular flexibility index (Phi) is 7.68. The van der Waals surface area contributed by atoms with Crippen LogP contribution in [0.25, 0.3) is 10.8 Å². The van der Waals surface area contributed by atoms with Crippen molar-refractivity contribution < 1.29 is 9.59 Å². The van der Waals surface area contributed by atoms with Crippen LogP contribution < -0.4 is 16.4 Å². The topological polar surface area (TPSA) is 84.2 Å². The molecule has 24 heavy (non-hydrogen) atoms. The van der Waals surface area contributed by atoms with Gasteiger partial charge in [-0.25, -0.2) is 0 Å². The molecule has 0 heterocycles. The Balaban J connectivity index is 0.00000288. The number of benzene rings is 2. The number of carbonyl (C=O) groups is 2. The monoisotopic (exact) mass is 349 g/mol. The van der Waals surface area contributed by atoms with E-state index >= 15 is 0 Å². The molecule has 1 atom stereocenters. The second-order valence-corrected chi connectivity index (χ2v) is 6.03. The number of rotatable bonds is 6. The van der Waals surface area contributed by atoms with Gasteiger partial charge < -0.3 is 16.4 Å². The van der Waals surface area contributed by atoms with Crippen LogP contribution in [0.3, 0.4) is 0 Å². The second kappa shape index (κ2) is 9.25. The van der Waals surface area contributed by atoms with Gasteiger partial charge in [0.2, 0.25) is 11.8 Å². The van der Waals surface area contributed by atoms with Crippen LogP contribution in [-0.2, 0) is 9.59 Å². The lowest BCUT2D eigenvalue weighted by Crippen LogP contribution is -2.44. The van der Waals surface area contributed by atoms with Crippen LogP contribution in [0, 0.1) is 5.92 Å². The first-order valence-corrected chi connectivity index (χ1v) is 7.78. The Bertz CT molecular complexity index is 698. The number of hydrogen-bond donors (Lipinski definition) is 3. The molecule has 130 valence electrons. The molecule has 2 amide bonds. The highest BCUT2D eigenvalue weighted by Crippen LogP contribution is 2.22. The summed E-state index contributed by atoms with van der Waals surface area (Å²) in [5.41, 5.74) is 6.52. The smallest absolute Gasteiger partial charge is 0.243 e. The van der Waals surface area contributed by atoms with Crippen molar-refractivity contribution in [3.8, 4) is 0 Å². The second-order valence-electron chi connectivity index (χ2n) is 6.03. The predicted octanol–water partition coefficient (Wildman–Crippen LogP) is 2.69. The van der Waals surface area contributed by atoms with E-state index < -0.39 is 6.04 Å². The van der Waals surface area contributed by atoms with E-state index in [1.165, 1.54) is 0 Å². The molecule has 2 aromatic carbocycles. The molecule has 2 aromatic rings. The Morgan fingerprint density at radius 2 is 1.75 bits per heavy atom. The third-order valence-electron chi connectivity index (χ3n) is 3.55. The third kappa shape index (κ3) is 5.51. The van der Waals surface area contributed by atoms with Crippen LogP contribution >= 0.6 is 12.4 Å². The number of carbonyl (C=O) groups excluding carboxylic acids is 2. The first kappa shape index (κ1) is 19.9. The molecule has 0 saturated heterocycles. The van der Waals surface area contributed by atoms with E-state index in [9.17, 15) is 9.59 Å². The van der Waals surface area contributed by atoms with E-state index in [4.69, 9.17) is 5.73 Å². The van der Waals surface area contributed by atoms with Crippen LogP contribution in [0.2, 0.25) is 0 Å². The molecule has 0 saturated carbocycles. The lowest BCUT2D eigenvalue weighted by Gasteiger charge is -2.14. The van der Waals surface area contributed by atoms with Crippen molar-refractivity contribution in [3.05, 3.63) is 42.5 Å². The quantitative estimate of drug-likeness (QED) is 0.749. The van der Waals surface area contributed by atoms with Gasteiger partial charge >= 0.3 is 0 Å². The fourth-order valence-corrected chi connectivity index (χ4v) is 2.44. The van der Waals surface area contributed by atoms with E-state index in [1.54, 1.807) is 0 Å². The summed E-state index contributed by atoms with van der Waals surface area (Å²) in [6.45, 7) is 3.91. The van der Waals surface area contributed by atoms with Crippen LogP contribution in [0.4, 0.5) is 5.69 Å². The maximum absolute atomic E-state index is 12.0. The summed E-state index contributed by atoms with van der Waals surface area (Å²) in [6.07, 6.45) is 0.594. The van der Waals surface area contributed by atoms with Gasteiger partial charge in [0.25, 0.3) is 0 Å². The number of nitrogens with one attached hydrogen (secondary N) is 2. The number of nitrogens with two attached hydrogens (primary N) is 1. The minimum atomic E-state index is -0.583. The Morgan fingerprint density at radius 3 is 2.46 bits per heavy atom. The minimum absolute atomic E-state index is 0. The molecule has 0 bridgehead atoms. The van der Waals surface area contributed by atoms with Crippen molar-refractivity contribution in [1.82, 2.24) is 5.32 Å². The summed E-state index contributed by atoms with van der Waals surface area (Å²) in [6, 6.07) is 12.9. The Morgan fingerprint density at radius 1 is 1.08 bits per heavy atom. The molecule has 0 radical (unpaired) electrons. The SMILES string of the molecule is CC(C)C[C@H](N)C(=O)NCC(=O)Nc1cccc2ccccc12.Cl. The van der Waals surface area contributed by atoms with Crippen molar-refractivity contribution in [2.75, 3.05) is 11.9 Å². The highest BCUT2D eigenvalue weighted by Gasteiger charge is 2.15. The number of anilines is 1. The predicted molar refractivity (Wildman–Crippen MR) is 100 cm³/mol. The Hall–Kier alpha value is -2.11. The van der Waals surface area contributed by atoms with Crippen molar-refractivity contribution in [2.45, 2.75) is 26.3 Å². The van der Waals surface area contributed by atoms with Gasteiger partial charge in [0.15, 0.2) is 0 Å². The summed E-state index contributed by atoms with van der Waals surface area (Å²) >= 11 is 0. The largest absolute Gasteiger partial charge is 0.346 e. The normalized spacial score (nSPS) is 11.7. The van der Waals surface area contributed by atoms with Gasteiger partial charge in [-0.05, 0) is 23.8 Å². The zero-order chi connectivity index (χ0) is 16.8. The molecule has 2 rings (SSSR count). The van der Waals surface area contributed by atoms with Crippen LogP contribution in [-0.4, -0.2) is 24.4 Å². The van der Waals surface area contributed by atoms with Gasteiger partial charge in [0, 0.05) is 11.1 Å². The zero-order valence-electron chi connectivity index (χ0n) is 13.9. The lowest BCUT2D eigenvalue weighted by molar-refractivity contribution is -0.125. The molecule has 0 aliphatic carbocycles. The molecule has 0 aliphatic heterocycles. The first-order valence-electron chi connectivity index (χ1n) is 7.78. The summed E-state index contributed by atoms with van der Waals surface area (Å²) in [7, 11) is 0. The van der Waals surface area contributed by atoms with Crippen molar-refractivity contribution >= 4 is 40.7 Å². The maximum atomic E-state index is 12.0. The number of hydrogen-bond acceptors (Lipinski definition) is 3. The van der Waals surface area contributed by atoms with Gasteiger partial charge in [-0.3, -0.25) is 9.59 Å². The maximum Gasteiger partial charge on any atom is 0.243 e. The average Bonchev–Trinajstić information content (AvgIpc) is 2.52. The molecule has 0 aliphatic rings. The van der Waals surface area contributed by atoms with Crippen molar-refractivity contribution in [3.63, 3.8) is 0 Å². The first-order chi connectivity index (χ1) is 11.0. The summed E-state index contributed by atoms with van der Waals surface area (Å²) in [4.78, 5) is 23.9. The number of halogens is 1. The highest BCUT2D eigenvalue weighted by molar-refractivity contribution is 6.03. The molecule has 0 unspecified atom stereocenters. The molecule has 0 spiro atoms. The van der Waals surface area contributed by atoms with Crippen molar-refractivity contribution in [1.29, 1.82) is 0 Å². The molecular formula is C18H24ClN3O2. The van der Waals surface area contributed by atoms with Gasteiger partial charge in [0.05, 0.1) is 12.6 Å². The van der Waals surface area contributed by atoms with E-state index in [-0.39, 0.29) is 30.8 Å². The standard InChI is InChI=1S/C18H23N3O2.ClH/c1-12(2)10-15(19)18(23)20-11-17(22)21-16-9-5-7-13-6-3-4-8-14(13)16;/h3-9,12,15H,10-11,19H2,1-2H3,(H,20,23)(H,21,22);1H/t15-;/m0./s1. The van der Waals surface area contributed by atoms with E-state index in [2.05, 4.69) is 10.6 Å². The summed E-state index contributed by atoms with van der Waals surface area (Å²) < 4.78 is 0. The minimum Gasteiger partial charge on any atom is -0.346 e. The van der Waals surface area contributed by atoms with Crippen LogP contribution in [0.15, 0.2) is 42.5 Å². The lowest BCUT2D eigenvalue weighted by atomic mass is 10.0. The molecule has 0 aromatic heterocycles. The van der Waals surface area contributed by atoms with E-state index in [1.807, 2.05) is 56.3 Å². The molecule has 6 heteroatoms. The zero-order valence-corrected chi connectivity index (χ0v) is 14.7. The fourth-order valence-electron chi connectivity index (χ4n) is 2.44. The van der Waals surface area contributed by atoms with Crippen LogP contribution in [0.1, 0.15) is 20.3 Å². The molecule has 4 N–H and O–H groups in total. The average molecular weight is 350 g/mol. The van der Waals surface area contributed by atoms with Crippen LogP contribution in [0.5, 0.6) is 0 Å². The molecular weight excluding hydrogens is 326 g/mol. The van der Waals surface area contributed by atoms with Crippen molar-refractivity contribution in [2.24, 2.45) is 11.7 Å². The number of fused-ring (bicyclic) bond motifs is 1. The van der Waals surface area contributed by atoms with E-state index in [0.717, 1.165) is 16.5 Å². The Labute approximate surface area is 148 Å². The van der Waals surface area contributed by atoms with Gasteiger partial charge in [-0.2, -0.15) is 0 Å². The van der Waals surface area contributed by atoms with Gasteiger partial charge in [-0.1, -0.05) is 50.2 Å². The summed E-state index contributed by atoms with van der Waals surface area (Å²) in [5.74, 6) is -0.238. The highest BCUT2D eigenvalue weighted by atomic mass is 35.5. The van der Waals surface area contributed by atoms with Gasteiger partial charge in [-0.15, -0.1) is 12.4 Å². The van der Waals surface area contributed by atoms with Gasteiger partial charge in [0.1, 0.15) is 0 Å². The number of amides is 2. The summed E-state index contributed by atoms with van der Waals surface area (Å²) in [5, 5.41) is 7.42. The molecule has 5 nitrogen and oxygen atoms in total. The molecule has 0 fully saturated rings. The van der Waals surface area contributed by atoms with E-state index in [0.29, 0.717) is 12.3 Å². The third-order valence-corrected chi connectivity index (χ3v) is 3.55. The fraction of sp³-hybridized carbons (Fsp3) is 0.333.